The highest BCUT2D eigenvalue weighted by atomic mass is 35.5. The minimum Gasteiger partial charge on any atom is -0.480 e. The van der Waals surface area contributed by atoms with Crippen LogP contribution >= 0.6 is 12.4 Å². The number of nitrogens with zero attached hydrogens (tertiary/aromatic N) is 2. The fourth-order valence-electron chi connectivity index (χ4n) is 2.54. The molecule has 1 fully saturated rings. The lowest BCUT2D eigenvalue weighted by Crippen LogP contribution is -2.47. The van der Waals surface area contributed by atoms with E-state index in [2.05, 4.69) is 15.7 Å². The van der Waals surface area contributed by atoms with E-state index in [1.807, 2.05) is 0 Å². The van der Waals surface area contributed by atoms with Gasteiger partial charge in [0.1, 0.15) is 18.1 Å². The van der Waals surface area contributed by atoms with Gasteiger partial charge in [0.05, 0.1) is 6.21 Å². The second-order valence-corrected chi connectivity index (χ2v) is 6.10. The molecule has 28 heavy (non-hydrogen) atoms. The van der Waals surface area contributed by atoms with Gasteiger partial charge >= 0.3 is 12.0 Å². The first-order valence-corrected chi connectivity index (χ1v) is 7.92. The van der Waals surface area contributed by atoms with Gasteiger partial charge in [-0.3, -0.25) is 19.3 Å². The number of carbonyl (C=O) groups is 4. The summed E-state index contributed by atoms with van der Waals surface area (Å²) >= 11 is 0. The van der Waals surface area contributed by atoms with Gasteiger partial charge in [-0.15, -0.1) is 12.4 Å². The number of amides is 4. The van der Waals surface area contributed by atoms with Crippen LogP contribution in [0.1, 0.15) is 18.1 Å². The highest BCUT2D eigenvalue weighted by molar-refractivity contribution is 6.09. The first-order valence-electron chi connectivity index (χ1n) is 7.92. The summed E-state index contributed by atoms with van der Waals surface area (Å²) in [6.45, 7) is 0.654. The molecular formula is C16H21ClN6O5. The van der Waals surface area contributed by atoms with Gasteiger partial charge in [0, 0.05) is 6.54 Å². The lowest BCUT2D eigenvalue weighted by Gasteiger charge is -2.22. The number of urea groups is 1. The van der Waals surface area contributed by atoms with Gasteiger partial charge in [0.2, 0.25) is 5.91 Å². The van der Waals surface area contributed by atoms with Crippen molar-refractivity contribution in [2.75, 3.05) is 13.1 Å². The number of hydrazone groups is 1. The Bertz CT molecular complexity index is 799. The minimum atomic E-state index is -1.34. The maximum atomic E-state index is 12.7. The molecule has 0 aromatic heterocycles. The first-order chi connectivity index (χ1) is 12.7. The Labute approximate surface area is 166 Å². The maximum Gasteiger partial charge on any atom is 0.325 e. The second kappa shape index (κ2) is 9.15. The Balaban J connectivity index is 0.00000392. The highest BCUT2D eigenvalue weighted by Crippen LogP contribution is 2.28. The molecule has 1 saturated heterocycles. The number of carboxylic acids is 1. The van der Waals surface area contributed by atoms with E-state index in [-0.39, 0.29) is 19.0 Å². The van der Waals surface area contributed by atoms with Crippen LogP contribution in [0, 0.1) is 0 Å². The van der Waals surface area contributed by atoms with Crippen molar-refractivity contribution in [3.8, 4) is 0 Å². The number of nitrogens with one attached hydrogen (secondary N) is 2. The zero-order valence-corrected chi connectivity index (χ0v) is 15.7. The normalized spacial score (nSPS) is 19.9. The van der Waals surface area contributed by atoms with Gasteiger partial charge < -0.3 is 27.3 Å². The van der Waals surface area contributed by atoms with Crippen LogP contribution < -0.4 is 22.2 Å². The fourth-order valence-corrected chi connectivity index (χ4v) is 2.54. The SMILES string of the molecule is CC1(c2ccc(/C=N/N)cc2)NC(=O)N(CC(=O)NCC(N)C(=O)O)C1=O.Cl. The van der Waals surface area contributed by atoms with Crippen LogP contribution in [-0.2, 0) is 19.9 Å². The van der Waals surface area contributed by atoms with Crippen molar-refractivity contribution >= 4 is 42.4 Å². The third-order valence-electron chi connectivity index (χ3n) is 4.12. The number of imide groups is 1. The largest absolute Gasteiger partial charge is 0.480 e. The lowest BCUT2D eigenvalue weighted by atomic mass is 9.91. The first kappa shape index (κ1) is 22.9. The molecule has 1 aliphatic rings. The van der Waals surface area contributed by atoms with Gasteiger partial charge in [-0.1, -0.05) is 24.3 Å². The Hall–Kier alpha value is -3.18. The molecule has 0 spiro atoms. The van der Waals surface area contributed by atoms with Crippen LogP contribution in [0.3, 0.4) is 0 Å². The van der Waals surface area contributed by atoms with Crippen molar-refractivity contribution in [1.82, 2.24) is 15.5 Å². The molecule has 7 N–H and O–H groups in total. The zero-order chi connectivity index (χ0) is 20.2. The second-order valence-electron chi connectivity index (χ2n) is 6.10. The topological polar surface area (TPSA) is 180 Å². The molecule has 0 radical (unpaired) electrons. The standard InChI is InChI=1S/C16H20N6O5.ClH/c1-16(10-4-2-9(3-5-10)6-20-18)14(26)22(15(27)21-16)8-12(23)19-7-11(17)13(24)25;/h2-6,11H,7-8,17-18H2,1H3,(H,19,23)(H,21,27)(H,24,25);1H/b20-6+;. The summed E-state index contributed by atoms with van der Waals surface area (Å²) in [6, 6.07) is 4.64. The summed E-state index contributed by atoms with van der Waals surface area (Å²) < 4.78 is 0. The summed E-state index contributed by atoms with van der Waals surface area (Å²) in [7, 11) is 0. The number of halogens is 1. The van der Waals surface area contributed by atoms with Crippen LogP contribution in [-0.4, -0.2) is 59.2 Å². The van der Waals surface area contributed by atoms with E-state index >= 15 is 0 Å². The van der Waals surface area contributed by atoms with E-state index in [1.165, 1.54) is 13.1 Å². The van der Waals surface area contributed by atoms with Crippen LogP contribution in [0.4, 0.5) is 4.79 Å². The van der Waals surface area contributed by atoms with Gasteiger partial charge in [-0.25, -0.2) is 4.79 Å². The summed E-state index contributed by atoms with van der Waals surface area (Å²) in [5.74, 6) is 2.50. The van der Waals surface area contributed by atoms with Crippen LogP contribution in [0.2, 0.25) is 0 Å². The highest BCUT2D eigenvalue weighted by Gasteiger charge is 2.49. The van der Waals surface area contributed by atoms with Gasteiger partial charge in [0.25, 0.3) is 5.91 Å². The molecule has 2 unspecified atom stereocenters. The van der Waals surface area contributed by atoms with Crippen LogP contribution in [0.15, 0.2) is 29.4 Å². The van der Waals surface area contributed by atoms with E-state index < -0.39 is 41.9 Å². The minimum absolute atomic E-state index is 0. The molecule has 0 aliphatic carbocycles. The quantitative estimate of drug-likeness (QED) is 0.159. The molecule has 1 aromatic rings. The average molecular weight is 413 g/mol. The Morgan fingerprint density at radius 1 is 1.36 bits per heavy atom. The van der Waals surface area contributed by atoms with E-state index in [4.69, 9.17) is 16.7 Å². The van der Waals surface area contributed by atoms with Crippen molar-refractivity contribution in [2.45, 2.75) is 18.5 Å². The van der Waals surface area contributed by atoms with Gasteiger partial charge in [-0.05, 0) is 18.1 Å². The third-order valence-corrected chi connectivity index (χ3v) is 4.12. The smallest absolute Gasteiger partial charge is 0.325 e. The van der Waals surface area contributed by atoms with E-state index in [9.17, 15) is 19.2 Å². The van der Waals surface area contributed by atoms with Gasteiger partial charge in [-0.2, -0.15) is 5.10 Å². The molecule has 1 aromatic carbocycles. The van der Waals surface area contributed by atoms with Gasteiger partial charge in [0.15, 0.2) is 0 Å². The molecule has 11 nitrogen and oxygen atoms in total. The number of aliphatic carboxylic acids is 1. The van der Waals surface area contributed by atoms with Crippen molar-refractivity contribution in [2.24, 2.45) is 16.7 Å². The maximum absolute atomic E-state index is 12.7. The summed E-state index contributed by atoms with van der Waals surface area (Å²) in [6.07, 6.45) is 1.43. The average Bonchev–Trinajstić information content (AvgIpc) is 2.84. The van der Waals surface area contributed by atoms with Crippen molar-refractivity contribution in [1.29, 1.82) is 0 Å². The summed E-state index contributed by atoms with van der Waals surface area (Å²) in [5, 5.41) is 16.9. The molecule has 2 atom stereocenters. The Morgan fingerprint density at radius 3 is 2.50 bits per heavy atom. The van der Waals surface area contributed by atoms with E-state index in [0.29, 0.717) is 11.1 Å². The third kappa shape index (κ3) is 4.75. The molecule has 0 bridgehead atoms. The van der Waals surface area contributed by atoms with E-state index in [1.54, 1.807) is 24.3 Å². The van der Waals surface area contributed by atoms with E-state index in [0.717, 1.165) is 4.90 Å². The fraction of sp³-hybridized carbons (Fsp3) is 0.312. The number of hydrogen-bond donors (Lipinski definition) is 5. The number of carbonyl (C=O) groups excluding carboxylic acids is 3. The monoisotopic (exact) mass is 412 g/mol. The molecule has 1 heterocycles. The number of benzene rings is 1. The number of carboxylic acid groups (broad SMARTS) is 1. The predicted octanol–water partition coefficient (Wildman–Crippen LogP) is -1.30. The van der Waals surface area contributed by atoms with Crippen LogP contribution in [0.25, 0.3) is 0 Å². The molecule has 0 saturated carbocycles. The molecule has 152 valence electrons. The summed E-state index contributed by atoms with van der Waals surface area (Å²) in [4.78, 5) is 48.2. The molecular weight excluding hydrogens is 392 g/mol. The number of rotatable bonds is 7. The number of hydrogen-bond acceptors (Lipinski definition) is 7. The van der Waals surface area contributed by atoms with Crippen molar-refractivity contribution < 1.29 is 24.3 Å². The zero-order valence-electron chi connectivity index (χ0n) is 14.9. The van der Waals surface area contributed by atoms with Crippen LogP contribution in [0.5, 0.6) is 0 Å². The summed E-state index contributed by atoms with van der Waals surface area (Å²) in [5.41, 5.74) is 5.18. The Kier molecular flexibility index (Phi) is 7.47. The molecule has 12 heteroatoms. The number of nitrogens with two attached hydrogens (primary N) is 2. The van der Waals surface area contributed by atoms with Crippen molar-refractivity contribution in [3.05, 3.63) is 35.4 Å². The molecule has 2 rings (SSSR count). The molecule has 4 amide bonds. The Morgan fingerprint density at radius 2 is 1.96 bits per heavy atom. The molecule has 1 aliphatic heterocycles. The predicted molar refractivity (Wildman–Crippen MR) is 102 cm³/mol. The lowest BCUT2D eigenvalue weighted by molar-refractivity contribution is -0.139. The van der Waals surface area contributed by atoms with Crippen molar-refractivity contribution in [3.63, 3.8) is 0 Å².